The van der Waals surface area contributed by atoms with Crippen molar-refractivity contribution in [1.82, 2.24) is 9.78 Å². The van der Waals surface area contributed by atoms with Crippen molar-refractivity contribution in [3.05, 3.63) is 47.8 Å². The van der Waals surface area contributed by atoms with Crippen molar-refractivity contribution < 1.29 is 5.11 Å². The van der Waals surface area contributed by atoms with Gasteiger partial charge in [-0.15, -0.1) is 11.8 Å². The average molecular weight is 262 g/mol. The predicted molar refractivity (Wildman–Crippen MR) is 74.8 cm³/mol. The van der Waals surface area contributed by atoms with Gasteiger partial charge in [0.05, 0.1) is 12.3 Å². The summed E-state index contributed by atoms with van der Waals surface area (Å²) in [6, 6.07) is 8.05. The Kier molecular flexibility index (Phi) is 4.44. The second-order valence-electron chi connectivity index (χ2n) is 4.20. The van der Waals surface area contributed by atoms with Crippen LogP contribution in [0.5, 0.6) is 0 Å². The highest BCUT2D eigenvalue weighted by molar-refractivity contribution is 7.98. The Hall–Kier alpha value is -1.26. The Bertz CT molecular complexity index is 493. The first kappa shape index (κ1) is 13.2. The Labute approximate surface area is 112 Å². The highest BCUT2D eigenvalue weighted by atomic mass is 32.2. The van der Waals surface area contributed by atoms with E-state index in [1.54, 1.807) is 11.8 Å². The van der Waals surface area contributed by atoms with Crippen LogP contribution in [0.3, 0.4) is 0 Å². The Morgan fingerprint density at radius 1 is 1.33 bits per heavy atom. The van der Waals surface area contributed by atoms with Crippen molar-refractivity contribution in [3.63, 3.8) is 0 Å². The molecule has 0 bridgehead atoms. The minimum Gasteiger partial charge on any atom is -0.388 e. The molecule has 1 aromatic carbocycles. The summed E-state index contributed by atoms with van der Waals surface area (Å²) in [5, 5.41) is 14.4. The van der Waals surface area contributed by atoms with Gasteiger partial charge in [-0.25, -0.2) is 0 Å². The van der Waals surface area contributed by atoms with E-state index in [1.807, 2.05) is 54.5 Å². The van der Waals surface area contributed by atoms with E-state index >= 15 is 0 Å². The van der Waals surface area contributed by atoms with Gasteiger partial charge in [0.1, 0.15) is 0 Å². The maximum Gasteiger partial charge on any atom is 0.0831 e. The number of aliphatic hydroxyl groups is 1. The topological polar surface area (TPSA) is 38.0 Å². The van der Waals surface area contributed by atoms with Gasteiger partial charge >= 0.3 is 0 Å². The molecule has 1 N–H and O–H groups in total. The van der Waals surface area contributed by atoms with Crippen LogP contribution in [0, 0.1) is 0 Å². The second kappa shape index (κ2) is 6.07. The van der Waals surface area contributed by atoms with Crippen LogP contribution in [0.15, 0.2) is 41.6 Å². The summed E-state index contributed by atoms with van der Waals surface area (Å²) >= 11 is 1.70. The number of hydrogen-bond donors (Lipinski definition) is 1. The standard InChI is InChI=1S/C14H18N2OS/c1-3-16-10-11(9-15-16)8-14(17)12-4-6-13(18-2)7-5-12/h4-7,9-10,14,17H,3,8H2,1-2H3. The fourth-order valence-corrected chi connectivity index (χ4v) is 2.26. The Morgan fingerprint density at radius 3 is 2.61 bits per heavy atom. The van der Waals surface area contributed by atoms with E-state index in [0.29, 0.717) is 6.42 Å². The molecule has 1 atom stereocenters. The van der Waals surface area contributed by atoms with Gasteiger partial charge in [0.25, 0.3) is 0 Å². The van der Waals surface area contributed by atoms with Gasteiger partial charge in [0.15, 0.2) is 0 Å². The molecule has 0 saturated carbocycles. The van der Waals surface area contributed by atoms with E-state index in [2.05, 4.69) is 5.10 Å². The minimum atomic E-state index is -0.463. The van der Waals surface area contributed by atoms with Crippen LogP contribution in [0.2, 0.25) is 0 Å². The zero-order valence-corrected chi connectivity index (χ0v) is 11.5. The van der Waals surface area contributed by atoms with E-state index in [9.17, 15) is 5.11 Å². The van der Waals surface area contributed by atoms with Crippen molar-refractivity contribution in [2.45, 2.75) is 30.9 Å². The van der Waals surface area contributed by atoms with Crippen molar-refractivity contribution in [2.24, 2.45) is 0 Å². The number of aromatic nitrogens is 2. The number of nitrogens with zero attached hydrogens (tertiary/aromatic N) is 2. The number of rotatable bonds is 5. The molecule has 18 heavy (non-hydrogen) atoms. The minimum absolute atomic E-state index is 0.463. The first-order chi connectivity index (χ1) is 8.72. The normalized spacial score (nSPS) is 12.6. The second-order valence-corrected chi connectivity index (χ2v) is 5.08. The fraction of sp³-hybridized carbons (Fsp3) is 0.357. The monoisotopic (exact) mass is 262 g/mol. The predicted octanol–water partition coefficient (Wildman–Crippen LogP) is 2.90. The largest absolute Gasteiger partial charge is 0.388 e. The SMILES string of the molecule is CCn1cc(CC(O)c2ccc(SC)cc2)cn1. The maximum atomic E-state index is 10.2. The lowest BCUT2D eigenvalue weighted by molar-refractivity contribution is 0.178. The van der Waals surface area contributed by atoms with Crippen molar-refractivity contribution in [1.29, 1.82) is 0 Å². The molecule has 0 spiro atoms. The van der Waals surface area contributed by atoms with E-state index in [4.69, 9.17) is 0 Å². The molecule has 0 saturated heterocycles. The molecule has 2 rings (SSSR count). The molecule has 0 fully saturated rings. The number of benzene rings is 1. The Morgan fingerprint density at radius 2 is 2.06 bits per heavy atom. The molecule has 0 aliphatic rings. The van der Waals surface area contributed by atoms with Crippen LogP contribution < -0.4 is 0 Å². The zero-order valence-electron chi connectivity index (χ0n) is 10.7. The van der Waals surface area contributed by atoms with Crippen molar-refractivity contribution in [3.8, 4) is 0 Å². The van der Waals surface area contributed by atoms with Crippen LogP contribution >= 0.6 is 11.8 Å². The smallest absolute Gasteiger partial charge is 0.0831 e. The van der Waals surface area contributed by atoms with Crippen molar-refractivity contribution >= 4 is 11.8 Å². The summed E-state index contributed by atoms with van der Waals surface area (Å²) in [6.45, 7) is 2.91. The van der Waals surface area contributed by atoms with Crippen LogP contribution in [0.25, 0.3) is 0 Å². The van der Waals surface area contributed by atoms with Crippen LogP contribution in [-0.4, -0.2) is 21.1 Å². The molecule has 1 unspecified atom stereocenters. The number of thioether (sulfide) groups is 1. The molecule has 0 aliphatic carbocycles. The molecule has 4 heteroatoms. The molecule has 2 aromatic rings. The zero-order chi connectivity index (χ0) is 13.0. The summed E-state index contributed by atoms with van der Waals surface area (Å²) in [5.41, 5.74) is 2.02. The average Bonchev–Trinajstić information content (AvgIpc) is 2.86. The highest BCUT2D eigenvalue weighted by Gasteiger charge is 2.09. The van der Waals surface area contributed by atoms with E-state index in [1.165, 1.54) is 4.90 Å². The third-order valence-electron chi connectivity index (χ3n) is 2.94. The summed E-state index contributed by atoms with van der Waals surface area (Å²) in [4.78, 5) is 1.21. The van der Waals surface area contributed by atoms with E-state index < -0.39 is 6.10 Å². The molecule has 3 nitrogen and oxygen atoms in total. The fourth-order valence-electron chi connectivity index (χ4n) is 1.85. The third kappa shape index (κ3) is 3.15. The van der Waals surface area contributed by atoms with Gasteiger partial charge in [-0.3, -0.25) is 4.68 Å². The summed E-state index contributed by atoms with van der Waals surface area (Å²) < 4.78 is 1.87. The first-order valence-electron chi connectivity index (χ1n) is 6.06. The molecule has 1 heterocycles. The van der Waals surface area contributed by atoms with Crippen LogP contribution in [0.4, 0.5) is 0 Å². The number of aliphatic hydroxyl groups excluding tert-OH is 1. The van der Waals surface area contributed by atoms with Gasteiger partial charge in [-0.2, -0.15) is 5.10 Å². The highest BCUT2D eigenvalue weighted by Crippen LogP contribution is 2.21. The van der Waals surface area contributed by atoms with E-state index in [-0.39, 0.29) is 0 Å². The molecular weight excluding hydrogens is 244 g/mol. The quantitative estimate of drug-likeness (QED) is 0.842. The summed E-state index contributed by atoms with van der Waals surface area (Å²) in [7, 11) is 0. The molecular formula is C14H18N2OS. The molecule has 0 radical (unpaired) electrons. The van der Waals surface area contributed by atoms with E-state index in [0.717, 1.165) is 17.7 Å². The van der Waals surface area contributed by atoms with Gasteiger partial charge in [0.2, 0.25) is 0 Å². The number of hydrogen-bond acceptors (Lipinski definition) is 3. The maximum absolute atomic E-state index is 10.2. The Balaban J connectivity index is 2.03. The van der Waals surface area contributed by atoms with Crippen LogP contribution in [-0.2, 0) is 13.0 Å². The van der Waals surface area contributed by atoms with Gasteiger partial charge in [-0.05, 0) is 36.4 Å². The summed E-state index contributed by atoms with van der Waals surface area (Å²) in [6.07, 6.45) is 6.00. The third-order valence-corrected chi connectivity index (χ3v) is 3.68. The molecule has 96 valence electrons. The lowest BCUT2D eigenvalue weighted by atomic mass is 10.0. The molecule has 1 aromatic heterocycles. The molecule has 0 aliphatic heterocycles. The molecule has 0 amide bonds. The van der Waals surface area contributed by atoms with Crippen molar-refractivity contribution in [2.75, 3.05) is 6.26 Å². The lowest BCUT2D eigenvalue weighted by Gasteiger charge is -2.10. The lowest BCUT2D eigenvalue weighted by Crippen LogP contribution is -2.01. The first-order valence-corrected chi connectivity index (χ1v) is 7.28. The van der Waals surface area contributed by atoms with Gasteiger partial charge in [-0.1, -0.05) is 12.1 Å². The summed E-state index contributed by atoms with van der Waals surface area (Å²) in [5.74, 6) is 0. The van der Waals surface area contributed by atoms with Gasteiger partial charge in [0, 0.05) is 24.1 Å². The van der Waals surface area contributed by atoms with Gasteiger partial charge < -0.3 is 5.11 Å². The number of aryl methyl sites for hydroxylation is 1. The van der Waals surface area contributed by atoms with Crippen LogP contribution in [0.1, 0.15) is 24.2 Å².